The Balaban J connectivity index is 1.92. The molecule has 3 aromatic rings. The fraction of sp³-hybridized carbons (Fsp3) is 0.167. The van der Waals surface area contributed by atoms with Gasteiger partial charge in [0.15, 0.2) is 0 Å². The third-order valence-electron chi connectivity index (χ3n) is 3.32. The van der Waals surface area contributed by atoms with E-state index in [9.17, 15) is 0 Å². The Labute approximate surface area is 135 Å². The normalized spacial score (nSPS) is 11.0. The topological polar surface area (TPSA) is 59.4 Å². The van der Waals surface area contributed by atoms with Gasteiger partial charge in [0.2, 0.25) is 0 Å². The molecule has 0 amide bonds. The van der Waals surface area contributed by atoms with Gasteiger partial charge in [0.25, 0.3) is 0 Å². The number of hydrogen-bond acceptors (Lipinski definition) is 5. The van der Waals surface area contributed by atoms with E-state index in [1.807, 2.05) is 50.2 Å². The number of anilines is 1. The first-order valence-electron chi connectivity index (χ1n) is 7.49. The van der Waals surface area contributed by atoms with E-state index in [-0.39, 0.29) is 0 Å². The number of pyridine rings is 2. The second-order valence-electron chi connectivity index (χ2n) is 5.07. The molecule has 3 rings (SSSR count). The number of rotatable bonds is 5. The smallest absolute Gasteiger partial charge is 0.120 e. The molecule has 2 heterocycles. The van der Waals surface area contributed by atoms with E-state index >= 15 is 0 Å². The fourth-order valence-electron chi connectivity index (χ4n) is 2.31. The molecule has 1 N–H and O–H groups in total. The highest BCUT2D eigenvalue weighted by Gasteiger charge is 2.05. The molecule has 0 bridgehead atoms. The van der Waals surface area contributed by atoms with E-state index in [2.05, 4.69) is 20.5 Å². The summed E-state index contributed by atoms with van der Waals surface area (Å²) in [5, 5.41) is 5.29. The van der Waals surface area contributed by atoms with Crippen LogP contribution in [0.4, 0.5) is 5.69 Å². The second-order valence-corrected chi connectivity index (χ2v) is 5.07. The van der Waals surface area contributed by atoms with Crippen molar-refractivity contribution in [1.29, 1.82) is 0 Å². The van der Waals surface area contributed by atoms with Crippen molar-refractivity contribution in [2.75, 3.05) is 12.0 Å². The highest BCUT2D eigenvalue weighted by Crippen LogP contribution is 2.27. The zero-order valence-corrected chi connectivity index (χ0v) is 13.2. The lowest BCUT2D eigenvalue weighted by atomic mass is 10.1. The van der Waals surface area contributed by atoms with E-state index in [0.29, 0.717) is 6.61 Å². The van der Waals surface area contributed by atoms with Crippen LogP contribution in [0.25, 0.3) is 10.9 Å². The van der Waals surface area contributed by atoms with Crippen molar-refractivity contribution in [1.82, 2.24) is 9.97 Å². The largest absolute Gasteiger partial charge is 0.494 e. The van der Waals surface area contributed by atoms with Gasteiger partial charge in [-0.2, -0.15) is 5.10 Å². The van der Waals surface area contributed by atoms with Gasteiger partial charge in [-0.25, -0.2) is 0 Å². The van der Waals surface area contributed by atoms with Crippen LogP contribution in [0.3, 0.4) is 0 Å². The van der Waals surface area contributed by atoms with Crippen LogP contribution in [0.5, 0.6) is 5.75 Å². The first-order chi connectivity index (χ1) is 11.3. The standard InChI is InChI=1S/C18H18N4O/c1-3-23-15-4-5-17-16(11-15)18(10-13(2)21-17)22-20-12-14-6-8-19-9-7-14/h4-12H,3H2,1-2H3,(H,21,22)/b20-12+. The molecule has 2 aromatic heterocycles. The zero-order valence-electron chi connectivity index (χ0n) is 13.2. The molecule has 5 heteroatoms. The monoisotopic (exact) mass is 306 g/mol. The third kappa shape index (κ3) is 3.63. The Morgan fingerprint density at radius 1 is 1.17 bits per heavy atom. The summed E-state index contributed by atoms with van der Waals surface area (Å²) >= 11 is 0. The maximum Gasteiger partial charge on any atom is 0.120 e. The quantitative estimate of drug-likeness (QED) is 0.575. The number of hydrazone groups is 1. The summed E-state index contributed by atoms with van der Waals surface area (Å²) in [6, 6.07) is 11.6. The molecule has 0 radical (unpaired) electrons. The SMILES string of the molecule is CCOc1ccc2nc(C)cc(N/N=C/c3ccncc3)c2c1. The summed E-state index contributed by atoms with van der Waals surface area (Å²) in [4.78, 5) is 8.54. The van der Waals surface area contributed by atoms with Crippen molar-refractivity contribution in [3.05, 3.63) is 60.0 Å². The van der Waals surface area contributed by atoms with Gasteiger partial charge in [-0.05, 0) is 55.8 Å². The molecule has 0 aliphatic carbocycles. The minimum absolute atomic E-state index is 0.633. The molecular formula is C18H18N4O. The average molecular weight is 306 g/mol. The van der Waals surface area contributed by atoms with Gasteiger partial charge in [-0.1, -0.05) is 0 Å². The van der Waals surface area contributed by atoms with Crippen LogP contribution < -0.4 is 10.2 Å². The molecule has 0 unspecified atom stereocenters. The number of aromatic nitrogens is 2. The first-order valence-corrected chi connectivity index (χ1v) is 7.49. The Morgan fingerprint density at radius 2 is 2.00 bits per heavy atom. The van der Waals surface area contributed by atoms with Crippen molar-refractivity contribution in [2.45, 2.75) is 13.8 Å². The molecule has 0 aliphatic heterocycles. The van der Waals surface area contributed by atoms with Gasteiger partial charge >= 0.3 is 0 Å². The summed E-state index contributed by atoms with van der Waals surface area (Å²) in [6.45, 7) is 4.57. The molecule has 116 valence electrons. The maximum absolute atomic E-state index is 5.57. The number of ether oxygens (including phenoxy) is 1. The Morgan fingerprint density at radius 3 is 2.78 bits per heavy atom. The second kappa shape index (κ2) is 6.87. The number of fused-ring (bicyclic) bond motifs is 1. The van der Waals surface area contributed by atoms with Gasteiger partial charge in [0.1, 0.15) is 5.75 Å². The van der Waals surface area contributed by atoms with Crippen LogP contribution in [0.15, 0.2) is 53.9 Å². The lowest BCUT2D eigenvalue weighted by molar-refractivity contribution is 0.340. The number of nitrogens with zero attached hydrogens (tertiary/aromatic N) is 3. The first kappa shape index (κ1) is 15.0. The van der Waals surface area contributed by atoms with E-state index in [1.54, 1.807) is 18.6 Å². The van der Waals surface area contributed by atoms with Gasteiger partial charge in [-0.15, -0.1) is 0 Å². The van der Waals surface area contributed by atoms with Crippen molar-refractivity contribution >= 4 is 22.8 Å². The Bertz CT molecular complexity index is 831. The van der Waals surface area contributed by atoms with Crippen LogP contribution in [0, 0.1) is 6.92 Å². The third-order valence-corrected chi connectivity index (χ3v) is 3.32. The lowest BCUT2D eigenvalue weighted by Crippen LogP contribution is -1.96. The number of nitrogens with one attached hydrogen (secondary N) is 1. The van der Waals surface area contributed by atoms with Crippen LogP contribution in [-0.2, 0) is 0 Å². The van der Waals surface area contributed by atoms with E-state index in [1.165, 1.54) is 0 Å². The Hall–Kier alpha value is -2.95. The summed E-state index contributed by atoms with van der Waals surface area (Å²) < 4.78 is 5.57. The highest BCUT2D eigenvalue weighted by atomic mass is 16.5. The van der Waals surface area contributed by atoms with E-state index < -0.39 is 0 Å². The predicted molar refractivity (Wildman–Crippen MR) is 93.1 cm³/mol. The summed E-state index contributed by atoms with van der Waals surface area (Å²) in [5.74, 6) is 0.826. The minimum atomic E-state index is 0.633. The number of hydrogen-bond donors (Lipinski definition) is 1. The molecular weight excluding hydrogens is 288 g/mol. The summed E-state index contributed by atoms with van der Waals surface area (Å²) in [5.41, 5.74) is 6.83. The van der Waals surface area contributed by atoms with Crippen molar-refractivity contribution in [3.63, 3.8) is 0 Å². The Kier molecular flexibility index (Phi) is 4.47. The summed E-state index contributed by atoms with van der Waals surface area (Å²) in [6.07, 6.45) is 5.24. The molecule has 1 aromatic carbocycles. The fourth-order valence-corrected chi connectivity index (χ4v) is 2.31. The maximum atomic E-state index is 5.57. The molecule has 5 nitrogen and oxygen atoms in total. The van der Waals surface area contributed by atoms with Gasteiger partial charge in [0.05, 0.1) is 24.0 Å². The lowest BCUT2D eigenvalue weighted by Gasteiger charge is -2.09. The average Bonchev–Trinajstić information content (AvgIpc) is 2.56. The molecule has 0 atom stereocenters. The van der Waals surface area contributed by atoms with Crippen LogP contribution in [0.1, 0.15) is 18.2 Å². The van der Waals surface area contributed by atoms with Gasteiger partial charge in [0, 0.05) is 23.5 Å². The molecule has 0 saturated carbocycles. The molecule has 23 heavy (non-hydrogen) atoms. The van der Waals surface area contributed by atoms with Crippen molar-refractivity contribution in [2.24, 2.45) is 5.10 Å². The van der Waals surface area contributed by atoms with Crippen molar-refractivity contribution < 1.29 is 4.74 Å². The van der Waals surface area contributed by atoms with Gasteiger partial charge < -0.3 is 4.74 Å². The molecule has 0 saturated heterocycles. The minimum Gasteiger partial charge on any atom is -0.494 e. The summed E-state index contributed by atoms with van der Waals surface area (Å²) in [7, 11) is 0. The van der Waals surface area contributed by atoms with Crippen LogP contribution in [-0.4, -0.2) is 22.8 Å². The molecule has 0 aliphatic rings. The predicted octanol–water partition coefficient (Wildman–Crippen LogP) is 3.78. The number of aryl methyl sites for hydroxylation is 1. The molecule has 0 fully saturated rings. The number of benzene rings is 1. The van der Waals surface area contributed by atoms with Crippen LogP contribution in [0.2, 0.25) is 0 Å². The highest BCUT2D eigenvalue weighted by molar-refractivity contribution is 5.93. The van der Waals surface area contributed by atoms with Crippen molar-refractivity contribution in [3.8, 4) is 5.75 Å². The van der Waals surface area contributed by atoms with E-state index in [0.717, 1.165) is 33.6 Å². The molecule has 0 spiro atoms. The van der Waals surface area contributed by atoms with E-state index in [4.69, 9.17) is 4.74 Å². The van der Waals surface area contributed by atoms with Crippen LogP contribution >= 0.6 is 0 Å². The zero-order chi connectivity index (χ0) is 16.1. The van der Waals surface area contributed by atoms with Gasteiger partial charge in [-0.3, -0.25) is 15.4 Å².